The third kappa shape index (κ3) is 4.29. The number of hydrogen-bond donors (Lipinski definition) is 1. The van der Waals surface area contributed by atoms with Crippen molar-refractivity contribution in [3.63, 3.8) is 0 Å². The van der Waals surface area contributed by atoms with Crippen molar-refractivity contribution in [2.75, 3.05) is 27.7 Å². The van der Waals surface area contributed by atoms with Crippen LogP contribution in [-0.2, 0) is 14.3 Å². The molecule has 0 aromatic rings. The van der Waals surface area contributed by atoms with Gasteiger partial charge in [-0.3, -0.25) is 9.59 Å². The molecule has 2 unspecified atom stereocenters. The first-order chi connectivity index (χ1) is 6.93. The van der Waals surface area contributed by atoms with Gasteiger partial charge in [0.15, 0.2) is 0 Å². The van der Waals surface area contributed by atoms with E-state index in [2.05, 4.69) is 5.32 Å². The monoisotopic (exact) mass is 216 g/mol. The van der Waals surface area contributed by atoms with E-state index in [1.54, 1.807) is 27.9 Å². The van der Waals surface area contributed by atoms with Gasteiger partial charge in [0.05, 0.1) is 5.92 Å². The largest absolute Gasteiger partial charge is 0.372 e. The molecule has 0 aromatic heterocycles. The Morgan fingerprint density at radius 2 is 1.93 bits per heavy atom. The minimum Gasteiger partial charge on any atom is -0.372 e. The average Bonchev–Trinajstić information content (AvgIpc) is 2.25. The quantitative estimate of drug-likeness (QED) is 0.696. The van der Waals surface area contributed by atoms with Crippen LogP contribution in [0, 0.1) is 5.92 Å². The Bertz CT molecular complexity index is 231. The second-order valence-corrected chi connectivity index (χ2v) is 3.61. The number of hydrogen-bond acceptors (Lipinski definition) is 3. The van der Waals surface area contributed by atoms with Gasteiger partial charge in [-0.15, -0.1) is 0 Å². The SMILES string of the molecule is CNC(=O)C(C)CN(C)C(=O)C(C)OC. The van der Waals surface area contributed by atoms with Crippen molar-refractivity contribution < 1.29 is 14.3 Å². The topological polar surface area (TPSA) is 58.6 Å². The van der Waals surface area contributed by atoms with Crippen LogP contribution in [0.15, 0.2) is 0 Å². The standard InChI is InChI=1S/C10H20N2O3/c1-7(9(13)11-3)6-12(4)10(14)8(2)15-5/h7-8H,6H2,1-5H3,(H,11,13). The van der Waals surface area contributed by atoms with E-state index in [9.17, 15) is 9.59 Å². The highest BCUT2D eigenvalue weighted by molar-refractivity contribution is 5.82. The van der Waals surface area contributed by atoms with Gasteiger partial charge in [-0.05, 0) is 6.92 Å². The van der Waals surface area contributed by atoms with Gasteiger partial charge in [0.1, 0.15) is 6.10 Å². The van der Waals surface area contributed by atoms with Crippen molar-refractivity contribution in [3.8, 4) is 0 Å². The summed E-state index contributed by atoms with van der Waals surface area (Å²) in [5, 5.41) is 2.54. The fraction of sp³-hybridized carbons (Fsp3) is 0.800. The number of rotatable bonds is 5. The zero-order valence-electron chi connectivity index (χ0n) is 10.0. The predicted molar refractivity (Wildman–Crippen MR) is 57.3 cm³/mol. The van der Waals surface area contributed by atoms with Crippen molar-refractivity contribution >= 4 is 11.8 Å². The molecule has 5 nitrogen and oxygen atoms in total. The molecule has 0 fully saturated rings. The second-order valence-electron chi connectivity index (χ2n) is 3.61. The number of nitrogens with zero attached hydrogens (tertiary/aromatic N) is 1. The first kappa shape index (κ1) is 13.9. The molecule has 15 heavy (non-hydrogen) atoms. The maximum atomic E-state index is 11.6. The first-order valence-corrected chi connectivity index (χ1v) is 4.93. The molecule has 0 aliphatic heterocycles. The van der Waals surface area contributed by atoms with E-state index < -0.39 is 6.10 Å². The maximum Gasteiger partial charge on any atom is 0.251 e. The molecule has 0 spiro atoms. The molecule has 0 bridgehead atoms. The molecule has 0 saturated carbocycles. The van der Waals surface area contributed by atoms with Crippen LogP contribution >= 0.6 is 0 Å². The van der Waals surface area contributed by atoms with E-state index in [4.69, 9.17) is 4.74 Å². The van der Waals surface area contributed by atoms with E-state index in [-0.39, 0.29) is 17.7 Å². The maximum absolute atomic E-state index is 11.6. The van der Waals surface area contributed by atoms with Gasteiger partial charge in [0.2, 0.25) is 5.91 Å². The van der Waals surface area contributed by atoms with E-state index in [1.807, 2.05) is 0 Å². The van der Waals surface area contributed by atoms with E-state index >= 15 is 0 Å². The van der Waals surface area contributed by atoms with Crippen molar-refractivity contribution in [2.24, 2.45) is 5.92 Å². The molecular weight excluding hydrogens is 196 g/mol. The summed E-state index contributed by atoms with van der Waals surface area (Å²) in [5.74, 6) is -0.402. The Balaban J connectivity index is 4.18. The van der Waals surface area contributed by atoms with Crippen molar-refractivity contribution in [1.29, 1.82) is 0 Å². The zero-order valence-corrected chi connectivity index (χ0v) is 10.0. The molecule has 2 amide bonds. The number of amides is 2. The Labute approximate surface area is 90.8 Å². The van der Waals surface area contributed by atoms with Crippen LogP contribution in [0.2, 0.25) is 0 Å². The van der Waals surface area contributed by atoms with Crippen molar-refractivity contribution in [1.82, 2.24) is 10.2 Å². The molecule has 1 N–H and O–H groups in total. The van der Waals surface area contributed by atoms with Crippen molar-refractivity contribution in [2.45, 2.75) is 20.0 Å². The minimum atomic E-state index is -0.466. The van der Waals surface area contributed by atoms with Crippen LogP contribution in [0.25, 0.3) is 0 Å². The molecule has 0 aliphatic carbocycles. The smallest absolute Gasteiger partial charge is 0.251 e. The van der Waals surface area contributed by atoms with Crippen LogP contribution < -0.4 is 5.32 Å². The van der Waals surface area contributed by atoms with Gasteiger partial charge in [0, 0.05) is 27.7 Å². The number of likely N-dealkylation sites (N-methyl/N-ethyl adjacent to an activating group) is 1. The number of carbonyl (C=O) groups is 2. The number of ether oxygens (including phenoxy) is 1. The van der Waals surface area contributed by atoms with Crippen LogP contribution in [0.3, 0.4) is 0 Å². The molecule has 0 rings (SSSR count). The number of nitrogens with one attached hydrogen (secondary N) is 1. The van der Waals surface area contributed by atoms with E-state index in [1.165, 1.54) is 12.0 Å². The van der Waals surface area contributed by atoms with E-state index in [0.717, 1.165) is 0 Å². The molecular formula is C10H20N2O3. The molecule has 0 aliphatic rings. The minimum absolute atomic E-state index is 0.0697. The lowest BCUT2D eigenvalue weighted by atomic mass is 10.1. The van der Waals surface area contributed by atoms with Crippen LogP contribution in [0.1, 0.15) is 13.8 Å². The molecule has 88 valence electrons. The lowest BCUT2D eigenvalue weighted by molar-refractivity contribution is -0.140. The lowest BCUT2D eigenvalue weighted by Gasteiger charge is -2.23. The fourth-order valence-electron chi connectivity index (χ4n) is 1.24. The lowest BCUT2D eigenvalue weighted by Crippen LogP contribution is -2.41. The molecule has 0 aromatic carbocycles. The molecule has 0 heterocycles. The normalized spacial score (nSPS) is 14.2. The van der Waals surface area contributed by atoms with Gasteiger partial charge in [-0.2, -0.15) is 0 Å². The summed E-state index contributed by atoms with van der Waals surface area (Å²) in [5.41, 5.74) is 0. The van der Waals surface area contributed by atoms with Gasteiger partial charge >= 0.3 is 0 Å². The third-order valence-electron chi connectivity index (χ3n) is 2.32. The Morgan fingerprint density at radius 3 is 2.33 bits per heavy atom. The van der Waals surface area contributed by atoms with Gasteiger partial charge in [0.25, 0.3) is 5.91 Å². The predicted octanol–water partition coefficient (Wildman–Crippen LogP) is -0.138. The second kappa shape index (κ2) is 6.40. The Hall–Kier alpha value is -1.10. The summed E-state index contributed by atoms with van der Waals surface area (Å²) in [6.07, 6.45) is -0.466. The molecule has 2 atom stereocenters. The van der Waals surface area contributed by atoms with Gasteiger partial charge in [-0.1, -0.05) is 6.92 Å². The molecule has 0 saturated heterocycles. The molecule has 0 radical (unpaired) electrons. The van der Waals surface area contributed by atoms with Crippen LogP contribution in [-0.4, -0.2) is 50.6 Å². The average molecular weight is 216 g/mol. The number of carbonyl (C=O) groups excluding carboxylic acids is 2. The van der Waals surface area contributed by atoms with Crippen molar-refractivity contribution in [3.05, 3.63) is 0 Å². The Morgan fingerprint density at radius 1 is 1.40 bits per heavy atom. The summed E-state index contributed by atoms with van der Waals surface area (Å²) in [6.45, 7) is 3.86. The van der Waals surface area contributed by atoms with Crippen LogP contribution in [0.4, 0.5) is 0 Å². The highest BCUT2D eigenvalue weighted by Crippen LogP contribution is 2.01. The fourth-order valence-corrected chi connectivity index (χ4v) is 1.24. The Kier molecular flexibility index (Phi) is 5.93. The van der Waals surface area contributed by atoms with E-state index in [0.29, 0.717) is 6.54 Å². The molecule has 5 heteroatoms. The summed E-state index contributed by atoms with van der Waals surface area (Å²) in [7, 11) is 4.73. The summed E-state index contributed by atoms with van der Waals surface area (Å²) < 4.78 is 4.91. The highest BCUT2D eigenvalue weighted by Gasteiger charge is 2.20. The summed E-state index contributed by atoms with van der Waals surface area (Å²) >= 11 is 0. The summed E-state index contributed by atoms with van der Waals surface area (Å²) in [4.78, 5) is 24.3. The summed E-state index contributed by atoms with van der Waals surface area (Å²) in [6, 6.07) is 0. The highest BCUT2D eigenvalue weighted by atomic mass is 16.5. The zero-order chi connectivity index (χ0) is 12.0. The number of methoxy groups -OCH3 is 1. The first-order valence-electron chi connectivity index (χ1n) is 4.93. The third-order valence-corrected chi connectivity index (χ3v) is 2.32. The van der Waals surface area contributed by atoms with Gasteiger partial charge in [-0.25, -0.2) is 0 Å². The van der Waals surface area contributed by atoms with Crippen LogP contribution in [0.5, 0.6) is 0 Å². The van der Waals surface area contributed by atoms with Gasteiger partial charge < -0.3 is 15.0 Å².